The number of piperidine rings is 1. The minimum absolute atomic E-state index is 0.0641. The summed E-state index contributed by atoms with van der Waals surface area (Å²) >= 11 is 0. The quantitative estimate of drug-likeness (QED) is 0.868. The molecule has 0 bridgehead atoms. The Hall–Kier alpha value is -1.84. The molecule has 1 N–H and O–H groups in total. The SMILES string of the molecule is Cc1cccc(CNC(=O)C(C)(C)C(=O)N2CCCC(C)C2)c1. The topological polar surface area (TPSA) is 49.4 Å². The minimum atomic E-state index is -1.03. The van der Waals surface area contributed by atoms with Gasteiger partial charge >= 0.3 is 0 Å². The van der Waals surface area contributed by atoms with Crippen LogP contribution in [0.15, 0.2) is 24.3 Å². The lowest BCUT2D eigenvalue weighted by atomic mass is 9.88. The van der Waals surface area contributed by atoms with E-state index >= 15 is 0 Å². The standard InChI is InChI=1S/C19H28N2O2/c1-14-7-5-9-16(11-14)12-20-17(22)19(3,4)18(23)21-10-6-8-15(2)13-21/h5,7,9,11,15H,6,8,10,12-13H2,1-4H3,(H,20,22). The molecule has 1 aliphatic heterocycles. The van der Waals surface area contributed by atoms with Crippen molar-refractivity contribution in [1.29, 1.82) is 0 Å². The molecule has 23 heavy (non-hydrogen) atoms. The van der Waals surface area contributed by atoms with Crippen LogP contribution in [-0.4, -0.2) is 29.8 Å². The third-order valence-electron chi connectivity index (χ3n) is 4.58. The molecule has 0 spiro atoms. The number of benzene rings is 1. The van der Waals surface area contributed by atoms with Crippen LogP contribution in [0.5, 0.6) is 0 Å². The van der Waals surface area contributed by atoms with Crippen LogP contribution in [0, 0.1) is 18.3 Å². The molecule has 1 atom stereocenters. The number of hydrogen-bond donors (Lipinski definition) is 1. The summed E-state index contributed by atoms with van der Waals surface area (Å²) in [5.41, 5.74) is 1.18. The lowest BCUT2D eigenvalue weighted by Gasteiger charge is -2.36. The summed E-state index contributed by atoms with van der Waals surface area (Å²) in [6.45, 7) is 9.60. The number of carbonyl (C=O) groups excluding carboxylic acids is 2. The van der Waals surface area contributed by atoms with Gasteiger partial charge in [-0.2, -0.15) is 0 Å². The zero-order chi connectivity index (χ0) is 17.0. The summed E-state index contributed by atoms with van der Waals surface area (Å²) in [5.74, 6) is 0.242. The fraction of sp³-hybridized carbons (Fsp3) is 0.579. The molecular weight excluding hydrogens is 288 g/mol. The number of likely N-dealkylation sites (tertiary alicyclic amines) is 1. The maximum absolute atomic E-state index is 12.7. The van der Waals surface area contributed by atoms with Crippen LogP contribution in [0.25, 0.3) is 0 Å². The summed E-state index contributed by atoms with van der Waals surface area (Å²) in [6, 6.07) is 8.02. The van der Waals surface area contributed by atoms with Gasteiger partial charge in [-0.25, -0.2) is 0 Å². The highest BCUT2D eigenvalue weighted by molar-refractivity contribution is 6.04. The number of nitrogens with zero attached hydrogens (tertiary/aromatic N) is 1. The first kappa shape index (κ1) is 17.5. The van der Waals surface area contributed by atoms with Crippen molar-refractivity contribution in [3.8, 4) is 0 Å². The smallest absolute Gasteiger partial charge is 0.237 e. The Labute approximate surface area is 139 Å². The average Bonchev–Trinajstić information content (AvgIpc) is 2.51. The van der Waals surface area contributed by atoms with Gasteiger partial charge in [0.05, 0.1) is 0 Å². The number of hydrogen-bond acceptors (Lipinski definition) is 2. The molecule has 2 rings (SSSR count). The van der Waals surface area contributed by atoms with E-state index in [1.165, 1.54) is 0 Å². The third-order valence-corrected chi connectivity index (χ3v) is 4.58. The largest absolute Gasteiger partial charge is 0.351 e. The summed E-state index contributed by atoms with van der Waals surface area (Å²) in [7, 11) is 0. The number of amides is 2. The van der Waals surface area contributed by atoms with E-state index in [1.54, 1.807) is 13.8 Å². The molecule has 0 aliphatic carbocycles. The molecule has 126 valence electrons. The van der Waals surface area contributed by atoms with Crippen molar-refractivity contribution in [2.75, 3.05) is 13.1 Å². The summed E-state index contributed by atoms with van der Waals surface area (Å²) in [5, 5.41) is 2.91. The molecule has 1 aromatic rings. The van der Waals surface area contributed by atoms with Crippen LogP contribution < -0.4 is 5.32 Å². The Kier molecular flexibility index (Phi) is 5.45. The van der Waals surface area contributed by atoms with Crippen LogP contribution in [0.1, 0.15) is 44.7 Å². The molecule has 0 saturated carbocycles. The first-order chi connectivity index (χ1) is 10.8. The molecule has 4 heteroatoms. The number of aryl methyl sites for hydroxylation is 1. The Morgan fingerprint density at radius 3 is 2.74 bits per heavy atom. The average molecular weight is 316 g/mol. The highest BCUT2D eigenvalue weighted by atomic mass is 16.2. The van der Waals surface area contributed by atoms with E-state index in [9.17, 15) is 9.59 Å². The van der Waals surface area contributed by atoms with Gasteiger partial charge in [-0.3, -0.25) is 9.59 Å². The Morgan fingerprint density at radius 2 is 2.09 bits per heavy atom. The van der Waals surface area contributed by atoms with Crippen molar-refractivity contribution < 1.29 is 9.59 Å². The highest BCUT2D eigenvalue weighted by Crippen LogP contribution is 2.24. The van der Waals surface area contributed by atoms with Gasteiger partial charge in [-0.15, -0.1) is 0 Å². The summed E-state index contributed by atoms with van der Waals surface area (Å²) < 4.78 is 0. The van der Waals surface area contributed by atoms with E-state index in [4.69, 9.17) is 0 Å². The summed E-state index contributed by atoms with van der Waals surface area (Å²) in [6.07, 6.45) is 2.18. The van der Waals surface area contributed by atoms with Crippen LogP contribution in [-0.2, 0) is 16.1 Å². The van der Waals surface area contributed by atoms with Gasteiger partial charge < -0.3 is 10.2 Å². The molecule has 0 radical (unpaired) electrons. The first-order valence-corrected chi connectivity index (χ1v) is 8.44. The summed E-state index contributed by atoms with van der Waals surface area (Å²) in [4.78, 5) is 27.1. The van der Waals surface area contributed by atoms with Gasteiger partial charge in [-0.05, 0) is 45.1 Å². The van der Waals surface area contributed by atoms with E-state index in [0.717, 1.165) is 37.1 Å². The second-order valence-corrected chi connectivity index (χ2v) is 7.30. The Morgan fingerprint density at radius 1 is 1.35 bits per heavy atom. The second-order valence-electron chi connectivity index (χ2n) is 7.30. The van der Waals surface area contributed by atoms with Crippen LogP contribution in [0.4, 0.5) is 0 Å². The van der Waals surface area contributed by atoms with E-state index in [0.29, 0.717) is 12.5 Å². The van der Waals surface area contributed by atoms with Gasteiger partial charge in [0.25, 0.3) is 0 Å². The van der Waals surface area contributed by atoms with E-state index in [-0.39, 0.29) is 11.8 Å². The van der Waals surface area contributed by atoms with Crippen LogP contribution in [0.3, 0.4) is 0 Å². The third kappa shape index (κ3) is 4.34. The molecule has 1 heterocycles. The van der Waals surface area contributed by atoms with Gasteiger partial charge in [0, 0.05) is 19.6 Å². The lowest BCUT2D eigenvalue weighted by Crippen LogP contribution is -2.51. The predicted molar refractivity (Wildman–Crippen MR) is 91.8 cm³/mol. The highest BCUT2D eigenvalue weighted by Gasteiger charge is 2.39. The van der Waals surface area contributed by atoms with Crippen molar-refractivity contribution in [1.82, 2.24) is 10.2 Å². The van der Waals surface area contributed by atoms with E-state index in [1.807, 2.05) is 36.1 Å². The normalized spacial score (nSPS) is 18.6. The second kappa shape index (κ2) is 7.16. The number of carbonyl (C=O) groups is 2. The molecule has 2 amide bonds. The fourth-order valence-corrected chi connectivity index (χ4v) is 3.09. The van der Waals surface area contributed by atoms with E-state index in [2.05, 4.69) is 12.2 Å². The molecule has 0 aromatic heterocycles. The maximum atomic E-state index is 12.7. The molecule has 1 fully saturated rings. The van der Waals surface area contributed by atoms with Crippen molar-refractivity contribution in [2.24, 2.45) is 11.3 Å². The molecule has 1 aromatic carbocycles. The monoisotopic (exact) mass is 316 g/mol. The van der Waals surface area contributed by atoms with Gasteiger partial charge in [0.15, 0.2) is 0 Å². The van der Waals surface area contributed by atoms with Crippen LogP contribution in [0.2, 0.25) is 0 Å². The maximum Gasteiger partial charge on any atom is 0.237 e. The fourth-order valence-electron chi connectivity index (χ4n) is 3.09. The Bertz CT molecular complexity index is 580. The van der Waals surface area contributed by atoms with Crippen molar-refractivity contribution in [3.63, 3.8) is 0 Å². The van der Waals surface area contributed by atoms with Crippen LogP contribution >= 0.6 is 0 Å². The molecule has 1 aliphatic rings. The van der Waals surface area contributed by atoms with Gasteiger partial charge in [-0.1, -0.05) is 36.8 Å². The van der Waals surface area contributed by atoms with Gasteiger partial charge in [0.2, 0.25) is 11.8 Å². The zero-order valence-electron chi connectivity index (χ0n) is 14.7. The molecule has 4 nitrogen and oxygen atoms in total. The van der Waals surface area contributed by atoms with Crippen molar-refractivity contribution in [2.45, 2.75) is 47.1 Å². The minimum Gasteiger partial charge on any atom is -0.351 e. The van der Waals surface area contributed by atoms with Crippen molar-refractivity contribution >= 4 is 11.8 Å². The predicted octanol–water partition coefficient (Wildman–Crippen LogP) is 2.90. The Balaban J connectivity index is 1.97. The van der Waals surface area contributed by atoms with E-state index < -0.39 is 5.41 Å². The van der Waals surface area contributed by atoms with Gasteiger partial charge in [0.1, 0.15) is 5.41 Å². The zero-order valence-corrected chi connectivity index (χ0v) is 14.7. The first-order valence-electron chi connectivity index (χ1n) is 8.44. The molecular formula is C19H28N2O2. The lowest BCUT2D eigenvalue weighted by molar-refractivity contribution is -0.149. The molecule has 1 saturated heterocycles. The molecule has 1 unspecified atom stereocenters. The number of rotatable bonds is 4. The van der Waals surface area contributed by atoms with Crippen molar-refractivity contribution in [3.05, 3.63) is 35.4 Å². The number of nitrogens with one attached hydrogen (secondary N) is 1.